The summed E-state index contributed by atoms with van der Waals surface area (Å²) < 4.78 is 2.01. The highest BCUT2D eigenvalue weighted by atomic mass is 16.4. The van der Waals surface area contributed by atoms with Gasteiger partial charge in [0.15, 0.2) is 0 Å². The molecular weight excluding hydrogens is 294 g/mol. The number of hydrogen-bond donors (Lipinski definition) is 2. The molecule has 0 bridgehead atoms. The molecule has 1 amide bonds. The Morgan fingerprint density at radius 2 is 2.22 bits per heavy atom. The molecule has 23 heavy (non-hydrogen) atoms. The maximum Gasteiger partial charge on any atom is 0.331 e. The van der Waals surface area contributed by atoms with Gasteiger partial charge in [-0.15, -0.1) is 0 Å². The lowest BCUT2D eigenvalue weighted by Gasteiger charge is -2.12. The van der Waals surface area contributed by atoms with Crippen molar-refractivity contribution in [3.05, 3.63) is 47.3 Å². The molecule has 2 N–H and O–H groups in total. The first kappa shape index (κ1) is 13.8. The van der Waals surface area contributed by atoms with E-state index < -0.39 is 5.97 Å². The van der Waals surface area contributed by atoms with Gasteiger partial charge in [0, 0.05) is 24.2 Å². The zero-order valence-corrected chi connectivity index (χ0v) is 12.4. The van der Waals surface area contributed by atoms with Crippen LogP contribution in [0.4, 0.5) is 0 Å². The number of carboxylic acids is 1. The van der Waals surface area contributed by atoms with E-state index in [0.29, 0.717) is 37.1 Å². The van der Waals surface area contributed by atoms with Crippen molar-refractivity contribution in [1.82, 2.24) is 14.9 Å². The number of nitrogens with one attached hydrogen (secondary N) is 1. The second kappa shape index (κ2) is 5.08. The highest BCUT2D eigenvalue weighted by Crippen LogP contribution is 2.30. The number of carbonyl (C=O) groups is 2. The molecule has 0 unspecified atom stereocenters. The second-order valence-electron chi connectivity index (χ2n) is 5.69. The first-order chi connectivity index (χ1) is 11.1. The Morgan fingerprint density at radius 3 is 3.04 bits per heavy atom. The number of para-hydroxylation sites is 1. The molecule has 4 rings (SSSR count). The summed E-state index contributed by atoms with van der Waals surface area (Å²) in [6, 6.07) is 5.48. The van der Waals surface area contributed by atoms with Crippen molar-refractivity contribution in [3.63, 3.8) is 0 Å². The van der Waals surface area contributed by atoms with E-state index in [1.54, 1.807) is 12.1 Å². The van der Waals surface area contributed by atoms with Crippen LogP contribution in [0.3, 0.4) is 0 Å². The van der Waals surface area contributed by atoms with E-state index in [0.717, 1.165) is 22.4 Å². The molecule has 1 aromatic heterocycles. The molecular formula is C17H15N3O3. The Kier molecular flexibility index (Phi) is 3.04. The van der Waals surface area contributed by atoms with Gasteiger partial charge in [-0.05, 0) is 31.1 Å². The van der Waals surface area contributed by atoms with E-state index in [1.807, 2.05) is 22.8 Å². The van der Waals surface area contributed by atoms with Gasteiger partial charge in [-0.3, -0.25) is 4.79 Å². The van der Waals surface area contributed by atoms with Crippen molar-refractivity contribution in [2.75, 3.05) is 6.54 Å². The number of hydrogen-bond acceptors (Lipinski definition) is 3. The van der Waals surface area contributed by atoms with Crippen LogP contribution in [0.25, 0.3) is 16.6 Å². The molecule has 1 aromatic carbocycles. The molecule has 1 aliphatic carbocycles. The van der Waals surface area contributed by atoms with E-state index in [-0.39, 0.29) is 5.91 Å². The van der Waals surface area contributed by atoms with E-state index in [9.17, 15) is 14.7 Å². The van der Waals surface area contributed by atoms with Gasteiger partial charge in [0.25, 0.3) is 5.91 Å². The van der Waals surface area contributed by atoms with Gasteiger partial charge in [-0.25, -0.2) is 9.78 Å². The number of nitrogens with zero attached hydrogens (tertiary/aromatic N) is 2. The Hall–Kier alpha value is -2.89. The van der Waals surface area contributed by atoms with Crippen LogP contribution < -0.4 is 5.32 Å². The Bertz CT molecular complexity index is 905. The van der Waals surface area contributed by atoms with Crippen LogP contribution in [-0.2, 0) is 11.3 Å². The standard InChI is InChI=1S/C17H15N3O3/c21-16-12-5-2-6-13-14(12)20(8-7-18-16)15(19-13)10-3-1-4-11(9-10)17(22)23/h2-3,5-6,9H,1,4,7-8H2,(H,18,21)(H,22,23). The Labute approximate surface area is 132 Å². The lowest BCUT2D eigenvalue weighted by atomic mass is 9.99. The number of imidazole rings is 1. The van der Waals surface area contributed by atoms with Gasteiger partial charge in [0.2, 0.25) is 0 Å². The molecule has 0 atom stereocenters. The van der Waals surface area contributed by atoms with Crippen molar-refractivity contribution in [2.45, 2.75) is 19.4 Å². The summed E-state index contributed by atoms with van der Waals surface area (Å²) in [5.74, 6) is -0.261. The van der Waals surface area contributed by atoms with Gasteiger partial charge in [-0.2, -0.15) is 0 Å². The summed E-state index contributed by atoms with van der Waals surface area (Å²) in [5, 5.41) is 12.1. The molecule has 2 aliphatic rings. The van der Waals surface area contributed by atoms with Crippen LogP contribution in [0, 0.1) is 0 Å². The number of carboxylic acid groups (broad SMARTS) is 1. The third-order valence-electron chi connectivity index (χ3n) is 4.27. The van der Waals surface area contributed by atoms with Crippen LogP contribution >= 0.6 is 0 Å². The third-order valence-corrected chi connectivity index (χ3v) is 4.27. The fraction of sp³-hybridized carbons (Fsp3) is 0.235. The highest BCUT2D eigenvalue weighted by Gasteiger charge is 2.23. The molecule has 6 nitrogen and oxygen atoms in total. The molecule has 116 valence electrons. The van der Waals surface area contributed by atoms with E-state index >= 15 is 0 Å². The van der Waals surface area contributed by atoms with Crippen molar-refractivity contribution < 1.29 is 14.7 Å². The lowest BCUT2D eigenvalue weighted by Crippen LogP contribution is -2.24. The zero-order chi connectivity index (χ0) is 16.0. The van der Waals surface area contributed by atoms with Crippen LogP contribution in [-0.4, -0.2) is 33.1 Å². The molecule has 0 saturated heterocycles. The zero-order valence-electron chi connectivity index (χ0n) is 12.4. The summed E-state index contributed by atoms with van der Waals surface area (Å²) >= 11 is 0. The van der Waals surface area contributed by atoms with Gasteiger partial charge in [0.1, 0.15) is 5.82 Å². The largest absolute Gasteiger partial charge is 0.478 e. The molecule has 0 fully saturated rings. The number of aliphatic carboxylic acids is 1. The summed E-state index contributed by atoms with van der Waals surface area (Å²) in [6.07, 6.45) is 4.92. The topological polar surface area (TPSA) is 84.2 Å². The number of carbonyl (C=O) groups excluding carboxylic acids is 1. The third kappa shape index (κ3) is 2.14. The molecule has 0 saturated carbocycles. The minimum atomic E-state index is -0.889. The normalized spacial score (nSPS) is 17.3. The Morgan fingerprint density at radius 1 is 1.35 bits per heavy atom. The van der Waals surface area contributed by atoms with E-state index in [1.165, 1.54) is 0 Å². The minimum absolute atomic E-state index is 0.0970. The van der Waals surface area contributed by atoms with Gasteiger partial charge >= 0.3 is 5.97 Å². The summed E-state index contributed by atoms with van der Waals surface area (Å²) in [5.41, 5.74) is 3.38. The summed E-state index contributed by atoms with van der Waals surface area (Å²) in [7, 11) is 0. The smallest absolute Gasteiger partial charge is 0.331 e. The number of allylic oxidation sites excluding steroid dienone is 3. The summed E-state index contributed by atoms with van der Waals surface area (Å²) in [6.45, 7) is 1.14. The van der Waals surface area contributed by atoms with Crippen LogP contribution in [0.5, 0.6) is 0 Å². The van der Waals surface area contributed by atoms with Crippen molar-refractivity contribution in [1.29, 1.82) is 0 Å². The summed E-state index contributed by atoms with van der Waals surface area (Å²) in [4.78, 5) is 28.1. The minimum Gasteiger partial charge on any atom is -0.478 e. The predicted octanol–water partition coefficient (Wildman–Crippen LogP) is 1.97. The fourth-order valence-corrected chi connectivity index (χ4v) is 3.21. The second-order valence-corrected chi connectivity index (χ2v) is 5.69. The predicted molar refractivity (Wildman–Crippen MR) is 85.0 cm³/mol. The maximum absolute atomic E-state index is 12.2. The maximum atomic E-state index is 12.2. The van der Waals surface area contributed by atoms with Crippen LogP contribution in [0.1, 0.15) is 29.0 Å². The molecule has 6 heteroatoms. The highest BCUT2D eigenvalue weighted by molar-refractivity contribution is 6.06. The molecule has 0 radical (unpaired) electrons. The lowest BCUT2D eigenvalue weighted by molar-refractivity contribution is -0.132. The van der Waals surface area contributed by atoms with E-state index in [2.05, 4.69) is 10.3 Å². The van der Waals surface area contributed by atoms with Crippen molar-refractivity contribution >= 4 is 28.5 Å². The number of benzene rings is 1. The van der Waals surface area contributed by atoms with Gasteiger partial charge in [-0.1, -0.05) is 12.1 Å². The van der Waals surface area contributed by atoms with Crippen molar-refractivity contribution in [3.8, 4) is 0 Å². The van der Waals surface area contributed by atoms with E-state index in [4.69, 9.17) is 0 Å². The SMILES string of the molecule is O=C(O)C1=CC(c2nc3cccc4c3n2CCNC4=O)=CCC1. The number of amides is 1. The van der Waals surface area contributed by atoms with Crippen LogP contribution in [0.15, 0.2) is 35.9 Å². The van der Waals surface area contributed by atoms with Crippen LogP contribution in [0.2, 0.25) is 0 Å². The first-order valence-corrected chi connectivity index (χ1v) is 7.57. The number of rotatable bonds is 2. The first-order valence-electron chi connectivity index (χ1n) is 7.57. The quantitative estimate of drug-likeness (QED) is 0.888. The molecule has 2 aromatic rings. The molecule has 1 aliphatic heterocycles. The van der Waals surface area contributed by atoms with Gasteiger partial charge < -0.3 is 15.0 Å². The fourth-order valence-electron chi connectivity index (χ4n) is 3.21. The number of aromatic nitrogens is 2. The monoisotopic (exact) mass is 309 g/mol. The van der Waals surface area contributed by atoms with Gasteiger partial charge in [0.05, 0.1) is 16.6 Å². The molecule has 0 spiro atoms. The van der Waals surface area contributed by atoms with Crippen molar-refractivity contribution in [2.24, 2.45) is 0 Å². The molecule has 2 heterocycles. The average Bonchev–Trinajstić information content (AvgIpc) is 2.84. The average molecular weight is 309 g/mol. The Balaban J connectivity index is 1.94.